The lowest BCUT2D eigenvalue weighted by Gasteiger charge is -2.22. The van der Waals surface area contributed by atoms with E-state index in [0.29, 0.717) is 11.5 Å². The maximum Gasteiger partial charge on any atom is 0.266 e. The number of ether oxygens (including phenoxy) is 2. The van der Waals surface area contributed by atoms with Crippen LogP contribution in [0.4, 0.5) is 0 Å². The summed E-state index contributed by atoms with van der Waals surface area (Å²) >= 11 is 0. The van der Waals surface area contributed by atoms with E-state index in [1.54, 1.807) is 62.8 Å². The van der Waals surface area contributed by atoms with E-state index in [1.165, 1.54) is 4.31 Å². The highest BCUT2D eigenvalue weighted by atomic mass is 32.2. The van der Waals surface area contributed by atoms with Crippen LogP contribution in [0.15, 0.2) is 70.7 Å². The van der Waals surface area contributed by atoms with Crippen molar-refractivity contribution in [2.75, 3.05) is 14.2 Å². The molecule has 0 unspecified atom stereocenters. The molecule has 0 atom stereocenters. The Morgan fingerprint density at radius 3 is 1.76 bits per heavy atom. The summed E-state index contributed by atoms with van der Waals surface area (Å²) in [5.41, 5.74) is 1.10. The molecule has 8 nitrogen and oxygen atoms in total. The molecule has 0 aliphatic heterocycles. The van der Waals surface area contributed by atoms with Crippen molar-refractivity contribution in [2.45, 2.75) is 18.1 Å². The van der Waals surface area contributed by atoms with Gasteiger partial charge in [0.15, 0.2) is 5.03 Å². The van der Waals surface area contributed by atoms with Gasteiger partial charge in [-0.25, -0.2) is 13.4 Å². The molecule has 0 bridgehead atoms. The molecule has 1 heterocycles. The van der Waals surface area contributed by atoms with Crippen molar-refractivity contribution in [1.29, 1.82) is 0 Å². The quantitative estimate of drug-likeness (QED) is 0.605. The van der Waals surface area contributed by atoms with Crippen LogP contribution in [0, 0.1) is 0 Å². The number of hydrogen-bond donors (Lipinski definition) is 1. The minimum absolute atomic E-state index is 0.124. The van der Waals surface area contributed by atoms with E-state index in [2.05, 4.69) is 9.97 Å². The lowest BCUT2D eigenvalue weighted by molar-refractivity contribution is 0.396. The summed E-state index contributed by atoms with van der Waals surface area (Å²) in [4.78, 5) is 17.4. The number of nitrogens with one attached hydrogen (secondary N) is 1. The standard InChI is InChI=1S/C20H21N3O5S/c1-27-17-7-3-15(4-8-17)13-23(14-16-5-9-18(28-2)10-6-16)29(25,26)20-12-21-19(24)11-22-20/h3-12H,13-14H2,1-2H3,(H,21,24). The summed E-state index contributed by atoms with van der Waals surface area (Å²) in [5, 5.41) is -0.223. The summed E-state index contributed by atoms with van der Waals surface area (Å²) in [6.07, 6.45) is 2.05. The third kappa shape index (κ3) is 5.01. The molecule has 0 radical (unpaired) electrons. The topological polar surface area (TPSA) is 102 Å². The molecule has 29 heavy (non-hydrogen) atoms. The highest BCUT2D eigenvalue weighted by Gasteiger charge is 2.26. The molecule has 1 aromatic heterocycles. The van der Waals surface area contributed by atoms with Crippen LogP contribution < -0.4 is 15.0 Å². The Bertz CT molecular complexity index is 1040. The van der Waals surface area contributed by atoms with Gasteiger partial charge in [-0.05, 0) is 35.4 Å². The fourth-order valence-electron chi connectivity index (χ4n) is 2.70. The summed E-state index contributed by atoms with van der Waals surface area (Å²) in [7, 11) is -0.822. The number of sulfonamides is 1. The zero-order chi connectivity index (χ0) is 20.9. The molecular formula is C20H21N3O5S. The van der Waals surface area contributed by atoms with Crippen molar-refractivity contribution in [2.24, 2.45) is 0 Å². The van der Waals surface area contributed by atoms with Gasteiger partial charge in [0.25, 0.3) is 15.6 Å². The van der Waals surface area contributed by atoms with Crippen LogP contribution in [-0.2, 0) is 23.1 Å². The normalized spacial score (nSPS) is 11.4. The molecule has 0 aliphatic carbocycles. The maximum atomic E-state index is 13.2. The number of H-pyrrole nitrogens is 1. The van der Waals surface area contributed by atoms with E-state index < -0.39 is 15.6 Å². The van der Waals surface area contributed by atoms with E-state index >= 15 is 0 Å². The van der Waals surface area contributed by atoms with Gasteiger partial charge >= 0.3 is 0 Å². The number of aromatic nitrogens is 2. The number of benzene rings is 2. The van der Waals surface area contributed by atoms with Gasteiger partial charge in [0.1, 0.15) is 11.5 Å². The van der Waals surface area contributed by atoms with E-state index in [4.69, 9.17) is 9.47 Å². The van der Waals surface area contributed by atoms with Gasteiger partial charge in [-0.15, -0.1) is 0 Å². The molecule has 0 aliphatic rings. The van der Waals surface area contributed by atoms with Gasteiger partial charge < -0.3 is 14.5 Å². The van der Waals surface area contributed by atoms with Gasteiger partial charge in [0.05, 0.1) is 20.4 Å². The summed E-state index contributed by atoms with van der Waals surface area (Å²) < 4.78 is 38.0. The second-order valence-electron chi connectivity index (χ2n) is 6.22. The minimum Gasteiger partial charge on any atom is -0.497 e. The van der Waals surface area contributed by atoms with E-state index in [-0.39, 0.29) is 18.1 Å². The Balaban J connectivity index is 1.94. The Kier molecular flexibility index (Phi) is 6.30. The van der Waals surface area contributed by atoms with Gasteiger partial charge in [0.2, 0.25) is 0 Å². The van der Waals surface area contributed by atoms with Crippen LogP contribution in [0.25, 0.3) is 0 Å². The van der Waals surface area contributed by atoms with Crippen LogP contribution in [-0.4, -0.2) is 36.9 Å². The second kappa shape index (κ2) is 8.89. The fourth-order valence-corrected chi connectivity index (χ4v) is 3.99. The van der Waals surface area contributed by atoms with Gasteiger partial charge in [-0.1, -0.05) is 24.3 Å². The van der Waals surface area contributed by atoms with Crippen LogP contribution in [0.5, 0.6) is 11.5 Å². The Morgan fingerprint density at radius 1 is 0.897 bits per heavy atom. The molecule has 3 aromatic rings. The average molecular weight is 415 g/mol. The number of rotatable bonds is 8. The van der Waals surface area contributed by atoms with E-state index in [0.717, 1.165) is 23.5 Å². The smallest absolute Gasteiger partial charge is 0.266 e. The molecular weight excluding hydrogens is 394 g/mol. The third-order valence-electron chi connectivity index (χ3n) is 4.29. The Morgan fingerprint density at radius 2 is 1.38 bits per heavy atom. The van der Waals surface area contributed by atoms with Gasteiger partial charge in [-0.2, -0.15) is 4.31 Å². The lowest BCUT2D eigenvalue weighted by atomic mass is 10.2. The summed E-state index contributed by atoms with van der Waals surface area (Å²) in [6, 6.07) is 14.3. The predicted octanol–water partition coefficient (Wildman–Crippen LogP) is 2.18. The number of methoxy groups -OCH3 is 2. The number of aromatic amines is 1. The van der Waals surface area contributed by atoms with Crippen molar-refractivity contribution >= 4 is 10.0 Å². The molecule has 9 heteroatoms. The maximum absolute atomic E-state index is 13.2. The number of nitrogens with zero attached hydrogens (tertiary/aromatic N) is 2. The molecule has 1 N–H and O–H groups in total. The average Bonchev–Trinajstić information content (AvgIpc) is 2.74. The molecule has 0 fully saturated rings. The largest absolute Gasteiger partial charge is 0.497 e. The molecule has 0 spiro atoms. The molecule has 0 amide bonds. The zero-order valence-electron chi connectivity index (χ0n) is 16.0. The molecule has 3 rings (SSSR count). The van der Waals surface area contributed by atoms with Crippen molar-refractivity contribution in [1.82, 2.24) is 14.3 Å². The highest BCUT2D eigenvalue weighted by Crippen LogP contribution is 2.21. The van der Waals surface area contributed by atoms with Crippen LogP contribution >= 0.6 is 0 Å². The fraction of sp³-hybridized carbons (Fsp3) is 0.200. The van der Waals surface area contributed by atoms with Crippen LogP contribution in [0.3, 0.4) is 0 Å². The molecule has 0 saturated heterocycles. The van der Waals surface area contributed by atoms with Crippen LogP contribution in [0.2, 0.25) is 0 Å². The monoisotopic (exact) mass is 415 g/mol. The van der Waals surface area contributed by atoms with Crippen molar-refractivity contribution in [3.05, 3.63) is 82.4 Å². The van der Waals surface area contributed by atoms with Crippen LogP contribution in [0.1, 0.15) is 11.1 Å². The first kappa shape index (κ1) is 20.6. The molecule has 0 saturated carbocycles. The number of hydrogen-bond acceptors (Lipinski definition) is 6. The van der Waals surface area contributed by atoms with Gasteiger partial charge in [-0.3, -0.25) is 4.79 Å². The predicted molar refractivity (Wildman–Crippen MR) is 107 cm³/mol. The SMILES string of the molecule is COc1ccc(CN(Cc2ccc(OC)cc2)S(=O)(=O)c2c[nH]c(=O)cn2)cc1. The molecule has 152 valence electrons. The Hall–Kier alpha value is -3.17. The zero-order valence-corrected chi connectivity index (χ0v) is 16.8. The first-order chi connectivity index (χ1) is 13.9. The summed E-state index contributed by atoms with van der Waals surface area (Å²) in [6.45, 7) is 0.248. The van der Waals surface area contributed by atoms with Crippen molar-refractivity contribution in [3.63, 3.8) is 0 Å². The summed E-state index contributed by atoms with van der Waals surface area (Å²) in [5.74, 6) is 1.36. The van der Waals surface area contributed by atoms with E-state index in [9.17, 15) is 13.2 Å². The van der Waals surface area contributed by atoms with Crippen molar-refractivity contribution < 1.29 is 17.9 Å². The highest BCUT2D eigenvalue weighted by molar-refractivity contribution is 7.89. The second-order valence-corrected chi connectivity index (χ2v) is 8.10. The first-order valence-corrected chi connectivity index (χ1v) is 10.2. The first-order valence-electron chi connectivity index (χ1n) is 8.73. The van der Waals surface area contributed by atoms with E-state index in [1.807, 2.05) is 0 Å². The van der Waals surface area contributed by atoms with Crippen molar-refractivity contribution in [3.8, 4) is 11.5 Å². The molecule has 2 aromatic carbocycles. The Labute approximate surface area is 168 Å². The third-order valence-corrected chi connectivity index (χ3v) is 5.98. The minimum atomic E-state index is -3.96. The van der Waals surface area contributed by atoms with Gasteiger partial charge in [0, 0.05) is 19.3 Å². The lowest BCUT2D eigenvalue weighted by Crippen LogP contribution is -2.31.